The van der Waals surface area contributed by atoms with E-state index in [0.717, 1.165) is 11.8 Å². The third-order valence-corrected chi connectivity index (χ3v) is 4.07. The second-order valence-electron chi connectivity index (χ2n) is 5.12. The van der Waals surface area contributed by atoms with Gasteiger partial charge in [0.15, 0.2) is 5.16 Å². The molecule has 27 heavy (non-hydrogen) atoms. The van der Waals surface area contributed by atoms with Gasteiger partial charge in [-0.25, -0.2) is 4.98 Å². The van der Waals surface area contributed by atoms with Gasteiger partial charge in [-0.05, 0) is 24.3 Å². The number of H-pyrrole nitrogens is 1. The molecule has 7 nitrogen and oxygen atoms in total. The number of aromatic nitrogens is 2. The Morgan fingerprint density at radius 3 is 2.59 bits per heavy atom. The van der Waals surface area contributed by atoms with Crippen LogP contribution in [0.25, 0.3) is 11.3 Å². The Balaban J connectivity index is 2.21. The lowest BCUT2D eigenvalue weighted by Crippen LogP contribution is -2.34. The van der Waals surface area contributed by atoms with E-state index in [4.69, 9.17) is 4.74 Å². The highest BCUT2D eigenvalue weighted by Crippen LogP contribution is 2.24. The number of carbonyl (C=O) groups excluding carboxylic acids is 1. The minimum atomic E-state index is -4.51. The van der Waals surface area contributed by atoms with E-state index in [1.807, 2.05) is 0 Å². The monoisotopic (exact) mass is 398 g/mol. The molecule has 2 N–H and O–H groups in total. The summed E-state index contributed by atoms with van der Waals surface area (Å²) in [4.78, 5) is 30.1. The number of methoxy groups -OCH3 is 1. The highest BCUT2D eigenvalue weighted by molar-refractivity contribution is 7.99. The van der Waals surface area contributed by atoms with E-state index in [2.05, 4.69) is 9.97 Å². The van der Waals surface area contributed by atoms with Crippen LogP contribution in [0.1, 0.15) is 5.56 Å². The molecule has 0 saturated heterocycles. The molecule has 0 aliphatic heterocycles. The molecule has 0 radical (unpaired) electrons. The van der Waals surface area contributed by atoms with Crippen molar-refractivity contribution in [2.24, 2.45) is 0 Å². The predicted octanol–water partition coefficient (Wildman–Crippen LogP) is 2.09. The smallest absolute Gasteiger partial charge is 0.405 e. The standard InChI is InChI=1S/C16H13F3N4O3S/c1-26-10-4-2-9(3-5-10)13-11(6-20)14(25)23-15(22-13)27-7-12(24)21-8-16(17,18)19/h2-5H,7-8H2,1H3,(H,21,24)(H,22,23,25). The SMILES string of the molecule is COc1ccc(-c2nc(SCC(=O)NCC(F)(F)F)[nH]c(=O)c2C#N)cc1. The third kappa shape index (κ3) is 5.75. The fourth-order valence-electron chi connectivity index (χ4n) is 1.97. The molecular formula is C16H13F3N4O3S. The Bertz CT molecular complexity index is 920. The topological polar surface area (TPSA) is 108 Å². The molecule has 0 aliphatic rings. The highest BCUT2D eigenvalue weighted by Gasteiger charge is 2.27. The second-order valence-corrected chi connectivity index (χ2v) is 6.08. The number of ether oxygens (including phenoxy) is 1. The molecule has 0 unspecified atom stereocenters. The van der Waals surface area contributed by atoms with Gasteiger partial charge in [-0.2, -0.15) is 18.4 Å². The first-order valence-corrected chi connectivity index (χ1v) is 8.37. The van der Waals surface area contributed by atoms with Crippen molar-refractivity contribution in [1.82, 2.24) is 15.3 Å². The molecule has 0 spiro atoms. The van der Waals surface area contributed by atoms with Gasteiger partial charge in [0.25, 0.3) is 5.56 Å². The van der Waals surface area contributed by atoms with E-state index in [1.54, 1.807) is 35.7 Å². The number of amides is 1. The number of thioether (sulfide) groups is 1. The summed E-state index contributed by atoms with van der Waals surface area (Å²) in [6, 6.07) is 8.22. The van der Waals surface area contributed by atoms with Crippen LogP contribution in [0.3, 0.4) is 0 Å². The molecule has 2 rings (SSSR count). The van der Waals surface area contributed by atoms with Crippen LogP contribution in [0.15, 0.2) is 34.2 Å². The van der Waals surface area contributed by atoms with Crippen LogP contribution in [0.4, 0.5) is 13.2 Å². The first-order chi connectivity index (χ1) is 12.7. The number of halogens is 3. The zero-order valence-corrected chi connectivity index (χ0v) is 14.7. The lowest BCUT2D eigenvalue weighted by atomic mass is 10.1. The number of nitrogens with zero attached hydrogens (tertiary/aromatic N) is 2. The maximum Gasteiger partial charge on any atom is 0.405 e. The van der Waals surface area contributed by atoms with Gasteiger partial charge in [0.2, 0.25) is 5.91 Å². The maximum absolute atomic E-state index is 12.1. The van der Waals surface area contributed by atoms with Gasteiger partial charge in [-0.3, -0.25) is 9.59 Å². The van der Waals surface area contributed by atoms with Crippen molar-refractivity contribution in [2.75, 3.05) is 19.4 Å². The Morgan fingerprint density at radius 1 is 1.37 bits per heavy atom. The summed E-state index contributed by atoms with van der Waals surface area (Å²) in [7, 11) is 1.49. The van der Waals surface area contributed by atoms with E-state index in [0.29, 0.717) is 11.3 Å². The number of hydrogen-bond acceptors (Lipinski definition) is 6. The van der Waals surface area contributed by atoms with Gasteiger partial charge < -0.3 is 15.0 Å². The molecule has 0 atom stereocenters. The van der Waals surface area contributed by atoms with E-state index in [1.165, 1.54) is 7.11 Å². The fourth-order valence-corrected chi connectivity index (χ4v) is 2.66. The van der Waals surface area contributed by atoms with Gasteiger partial charge in [0, 0.05) is 5.56 Å². The molecule has 0 bridgehead atoms. The number of nitrogens with one attached hydrogen (secondary N) is 2. The first kappa shape index (κ1) is 20.3. The van der Waals surface area contributed by atoms with Crippen molar-refractivity contribution >= 4 is 17.7 Å². The Hall–Kier alpha value is -3.00. The summed E-state index contributed by atoms with van der Waals surface area (Å²) in [5.41, 5.74) is -0.355. The Labute approximate surface area is 155 Å². The van der Waals surface area contributed by atoms with Crippen LogP contribution in [0.2, 0.25) is 0 Å². The number of nitriles is 1. The summed E-state index contributed by atoms with van der Waals surface area (Å²) >= 11 is 0.749. The van der Waals surface area contributed by atoms with E-state index < -0.39 is 24.2 Å². The zero-order valence-electron chi connectivity index (χ0n) is 13.9. The molecule has 0 aliphatic carbocycles. The molecule has 2 aromatic rings. The van der Waals surface area contributed by atoms with Crippen molar-refractivity contribution in [3.05, 3.63) is 40.2 Å². The second kappa shape index (κ2) is 8.59. The van der Waals surface area contributed by atoms with Crippen molar-refractivity contribution < 1.29 is 22.7 Å². The van der Waals surface area contributed by atoms with Crippen molar-refractivity contribution in [3.8, 4) is 23.1 Å². The molecule has 11 heteroatoms. The minimum Gasteiger partial charge on any atom is -0.497 e. The third-order valence-electron chi connectivity index (χ3n) is 3.20. The van der Waals surface area contributed by atoms with Crippen LogP contribution < -0.4 is 15.6 Å². The van der Waals surface area contributed by atoms with Crippen LogP contribution >= 0.6 is 11.8 Å². The fraction of sp³-hybridized carbons (Fsp3) is 0.250. The molecular weight excluding hydrogens is 385 g/mol. The number of carbonyl (C=O) groups is 1. The number of alkyl halides is 3. The van der Waals surface area contributed by atoms with Crippen LogP contribution in [-0.4, -0.2) is 41.5 Å². The van der Waals surface area contributed by atoms with Crippen molar-refractivity contribution in [3.63, 3.8) is 0 Å². The largest absolute Gasteiger partial charge is 0.497 e. The quantitative estimate of drug-likeness (QED) is 0.570. The van der Waals surface area contributed by atoms with Crippen LogP contribution in [-0.2, 0) is 4.79 Å². The number of hydrogen-bond donors (Lipinski definition) is 2. The molecule has 1 aromatic carbocycles. The number of rotatable bonds is 6. The van der Waals surface area contributed by atoms with Crippen LogP contribution in [0, 0.1) is 11.3 Å². The van der Waals surface area contributed by atoms with Gasteiger partial charge in [-0.15, -0.1) is 0 Å². The van der Waals surface area contributed by atoms with Crippen LogP contribution in [0.5, 0.6) is 5.75 Å². The molecule has 1 aromatic heterocycles. The lowest BCUT2D eigenvalue weighted by Gasteiger charge is -2.09. The van der Waals surface area contributed by atoms with Crippen molar-refractivity contribution in [1.29, 1.82) is 5.26 Å². The minimum absolute atomic E-state index is 0.00646. The lowest BCUT2D eigenvalue weighted by molar-refractivity contribution is -0.136. The van der Waals surface area contributed by atoms with Gasteiger partial charge in [-0.1, -0.05) is 11.8 Å². The average molecular weight is 398 g/mol. The van der Waals surface area contributed by atoms with Gasteiger partial charge in [0.1, 0.15) is 23.9 Å². The summed E-state index contributed by atoms with van der Waals surface area (Å²) in [6.45, 7) is -1.44. The number of benzene rings is 1. The summed E-state index contributed by atoms with van der Waals surface area (Å²) in [5, 5.41) is 10.9. The Morgan fingerprint density at radius 2 is 2.04 bits per heavy atom. The Kier molecular flexibility index (Phi) is 6.46. The molecule has 1 amide bonds. The first-order valence-electron chi connectivity index (χ1n) is 7.38. The van der Waals surface area contributed by atoms with Gasteiger partial charge >= 0.3 is 6.18 Å². The number of aromatic amines is 1. The van der Waals surface area contributed by atoms with E-state index in [9.17, 15) is 28.0 Å². The van der Waals surface area contributed by atoms with Gasteiger partial charge in [0.05, 0.1) is 18.6 Å². The van der Waals surface area contributed by atoms with E-state index >= 15 is 0 Å². The highest BCUT2D eigenvalue weighted by atomic mass is 32.2. The summed E-state index contributed by atoms with van der Waals surface area (Å²) in [6.07, 6.45) is -4.51. The molecule has 142 valence electrons. The molecule has 0 fully saturated rings. The summed E-state index contributed by atoms with van der Waals surface area (Å²) < 4.78 is 41.3. The molecule has 1 heterocycles. The maximum atomic E-state index is 12.1. The van der Waals surface area contributed by atoms with E-state index in [-0.39, 0.29) is 22.2 Å². The van der Waals surface area contributed by atoms with Crippen molar-refractivity contribution in [2.45, 2.75) is 11.3 Å². The molecule has 0 saturated carbocycles. The normalized spacial score (nSPS) is 10.9. The predicted molar refractivity (Wildman–Crippen MR) is 91.3 cm³/mol. The summed E-state index contributed by atoms with van der Waals surface area (Å²) in [5.74, 6) is -0.680. The zero-order chi connectivity index (χ0) is 20.0. The average Bonchev–Trinajstić information content (AvgIpc) is 2.63.